The molecule has 0 spiro atoms. The summed E-state index contributed by atoms with van der Waals surface area (Å²) in [4.78, 5) is 18.2. The molecule has 1 amide bonds. The summed E-state index contributed by atoms with van der Waals surface area (Å²) in [6.45, 7) is 6.44. The Morgan fingerprint density at radius 2 is 2.11 bits per heavy atom. The Balaban J connectivity index is 1.84. The normalized spacial score (nSPS) is 14.2. The lowest BCUT2D eigenvalue weighted by atomic mass is 10.3. The molecule has 1 aliphatic carbocycles. The standard InChI is InChI=1S/C14H22N4O/c1-3-18(4-2)13-8-7-12(9-16-13)17-14(19)10-15-11-5-6-11/h7-9,11,15H,3-6,10H2,1-2H3,(H,17,19). The third-order valence-corrected chi connectivity index (χ3v) is 3.25. The van der Waals surface area contributed by atoms with Crippen molar-refractivity contribution >= 4 is 17.4 Å². The third kappa shape index (κ3) is 4.21. The first-order valence-electron chi connectivity index (χ1n) is 6.97. The smallest absolute Gasteiger partial charge is 0.238 e. The summed E-state index contributed by atoms with van der Waals surface area (Å²) in [5.74, 6) is 0.934. The SMILES string of the molecule is CCN(CC)c1ccc(NC(=O)CNC2CC2)cn1. The van der Waals surface area contributed by atoms with Crippen LogP contribution in [-0.2, 0) is 4.79 Å². The summed E-state index contributed by atoms with van der Waals surface area (Å²) in [5, 5.41) is 6.03. The number of amides is 1. The summed E-state index contributed by atoms with van der Waals surface area (Å²) in [6.07, 6.45) is 4.09. The molecule has 0 bridgehead atoms. The molecule has 5 heteroatoms. The Labute approximate surface area is 114 Å². The van der Waals surface area contributed by atoms with Gasteiger partial charge in [-0.05, 0) is 38.8 Å². The lowest BCUT2D eigenvalue weighted by molar-refractivity contribution is -0.115. The highest BCUT2D eigenvalue weighted by Crippen LogP contribution is 2.18. The molecule has 0 saturated heterocycles. The second-order valence-corrected chi connectivity index (χ2v) is 4.78. The molecule has 1 heterocycles. The van der Waals surface area contributed by atoms with E-state index in [9.17, 15) is 4.79 Å². The van der Waals surface area contributed by atoms with E-state index in [0.717, 1.165) is 24.6 Å². The van der Waals surface area contributed by atoms with Crippen LogP contribution in [0.15, 0.2) is 18.3 Å². The number of nitrogens with one attached hydrogen (secondary N) is 2. The molecule has 0 atom stereocenters. The minimum atomic E-state index is -0.00992. The topological polar surface area (TPSA) is 57.3 Å². The summed E-state index contributed by atoms with van der Waals surface area (Å²) in [7, 11) is 0. The Morgan fingerprint density at radius 1 is 1.37 bits per heavy atom. The van der Waals surface area contributed by atoms with Crippen LogP contribution in [0.1, 0.15) is 26.7 Å². The van der Waals surface area contributed by atoms with Crippen molar-refractivity contribution in [3.63, 3.8) is 0 Å². The average molecular weight is 262 g/mol. The molecule has 104 valence electrons. The van der Waals surface area contributed by atoms with E-state index in [-0.39, 0.29) is 5.91 Å². The highest BCUT2D eigenvalue weighted by atomic mass is 16.1. The van der Waals surface area contributed by atoms with E-state index < -0.39 is 0 Å². The molecule has 1 aromatic rings. The fraction of sp³-hybridized carbons (Fsp3) is 0.571. The zero-order valence-electron chi connectivity index (χ0n) is 11.6. The number of hydrogen-bond donors (Lipinski definition) is 2. The number of pyridine rings is 1. The highest BCUT2D eigenvalue weighted by Gasteiger charge is 2.21. The second kappa shape index (κ2) is 6.52. The van der Waals surface area contributed by atoms with E-state index in [1.807, 2.05) is 12.1 Å². The van der Waals surface area contributed by atoms with Gasteiger partial charge in [-0.25, -0.2) is 4.98 Å². The van der Waals surface area contributed by atoms with Crippen LogP contribution in [0.5, 0.6) is 0 Å². The van der Waals surface area contributed by atoms with Crippen LogP contribution < -0.4 is 15.5 Å². The van der Waals surface area contributed by atoms with Crippen LogP contribution in [0.4, 0.5) is 11.5 Å². The zero-order valence-corrected chi connectivity index (χ0v) is 11.6. The van der Waals surface area contributed by atoms with Crippen molar-refractivity contribution in [2.24, 2.45) is 0 Å². The van der Waals surface area contributed by atoms with Gasteiger partial charge >= 0.3 is 0 Å². The van der Waals surface area contributed by atoms with Crippen LogP contribution in [0, 0.1) is 0 Å². The van der Waals surface area contributed by atoms with Gasteiger partial charge in [0, 0.05) is 19.1 Å². The summed E-state index contributed by atoms with van der Waals surface area (Å²) in [5.41, 5.74) is 0.749. The van der Waals surface area contributed by atoms with Gasteiger partial charge in [-0.2, -0.15) is 0 Å². The number of aromatic nitrogens is 1. The number of carbonyl (C=O) groups excluding carboxylic acids is 1. The largest absolute Gasteiger partial charge is 0.357 e. The molecule has 19 heavy (non-hydrogen) atoms. The van der Waals surface area contributed by atoms with Crippen molar-refractivity contribution in [2.45, 2.75) is 32.7 Å². The van der Waals surface area contributed by atoms with Gasteiger partial charge in [0.05, 0.1) is 18.4 Å². The van der Waals surface area contributed by atoms with Gasteiger partial charge in [-0.15, -0.1) is 0 Å². The van der Waals surface area contributed by atoms with Gasteiger partial charge < -0.3 is 15.5 Å². The summed E-state index contributed by atoms with van der Waals surface area (Å²) < 4.78 is 0. The van der Waals surface area contributed by atoms with Gasteiger partial charge in [0.1, 0.15) is 5.82 Å². The molecule has 2 rings (SSSR count). The minimum Gasteiger partial charge on any atom is -0.357 e. The molecule has 2 N–H and O–H groups in total. The van der Waals surface area contributed by atoms with Gasteiger partial charge in [-0.1, -0.05) is 0 Å². The maximum atomic E-state index is 11.7. The predicted octanol–water partition coefficient (Wildman–Crippen LogP) is 1.62. The predicted molar refractivity (Wildman–Crippen MR) is 77.5 cm³/mol. The Hall–Kier alpha value is -1.62. The van der Waals surface area contributed by atoms with Crippen LogP contribution in [0.25, 0.3) is 0 Å². The molecule has 1 aliphatic rings. The van der Waals surface area contributed by atoms with Crippen molar-refractivity contribution in [3.8, 4) is 0 Å². The van der Waals surface area contributed by atoms with Gasteiger partial charge in [-0.3, -0.25) is 4.79 Å². The molecule has 0 aliphatic heterocycles. The minimum absolute atomic E-state index is 0.00992. The fourth-order valence-electron chi connectivity index (χ4n) is 1.92. The first kappa shape index (κ1) is 13.8. The van der Waals surface area contributed by atoms with Crippen molar-refractivity contribution < 1.29 is 4.79 Å². The van der Waals surface area contributed by atoms with Crippen LogP contribution in [0.3, 0.4) is 0 Å². The molecule has 0 unspecified atom stereocenters. The van der Waals surface area contributed by atoms with E-state index in [4.69, 9.17) is 0 Å². The molecular weight excluding hydrogens is 240 g/mol. The van der Waals surface area contributed by atoms with Crippen LogP contribution in [0.2, 0.25) is 0 Å². The monoisotopic (exact) mass is 262 g/mol. The first-order chi connectivity index (χ1) is 9.22. The molecule has 0 radical (unpaired) electrons. The lowest BCUT2D eigenvalue weighted by Crippen LogP contribution is -2.29. The summed E-state index contributed by atoms with van der Waals surface area (Å²) >= 11 is 0. The first-order valence-corrected chi connectivity index (χ1v) is 6.97. The zero-order chi connectivity index (χ0) is 13.7. The second-order valence-electron chi connectivity index (χ2n) is 4.78. The van der Waals surface area contributed by atoms with Crippen molar-refractivity contribution in [1.82, 2.24) is 10.3 Å². The molecule has 0 aromatic carbocycles. The van der Waals surface area contributed by atoms with Crippen molar-refractivity contribution in [2.75, 3.05) is 29.9 Å². The Morgan fingerprint density at radius 3 is 2.63 bits per heavy atom. The molecular formula is C14H22N4O. The van der Waals surface area contributed by atoms with Crippen molar-refractivity contribution in [3.05, 3.63) is 18.3 Å². The number of rotatable bonds is 7. The van der Waals surface area contributed by atoms with E-state index in [0.29, 0.717) is 12.6 Å². The number of carbonyl (C=O) groups is 1. The van der Waals surface area contributed by atoms with E-state index in [1.54, 1.807) is 6.20 Å². The summed E-state index contributed by atoms with van der Waals surface area (Å²) in [6, 6.07) is 4.39. The van der Waals surface area contributed by atoms with Crippen LogP contribution >= 0.6 is 0 Å². The van der Waals surface area contributed by atoms with E-state index >= 15 is 0 Å². The number of hydrogen-bond acceptors (Lipinski definition) is 4. The molecule has 5 nitrogen and oxygen atoms in total. The highest BCUT2D eigenvalue weighted by molar-refractivity contribution is 5.92. The van der Waals surface area contributed by atoms with Crippen LogP contribution in [-0.4, -0.2) is 36.6 Å². The quantitative estimate of drug-likeness (QED) is 0.784. The van der Waals surface area contributed by atoms with Gasteiger partial charge in [0.15, 0.2) is 0 Å². The van der Waals surface area contributed by atoms with Crippen molar-refractivity contribution in [1.29, 1.82) is 0 Å². The number of nitrogens with zero attached hydrogens (tertiary/aromatic N) is 2. The fourth-order valence-corrected chi connectivity index (χ4v) is 1.92. The Kier molecular flexibility index (Phi) is 4.74. The maximum Gasteiger partial charge on any atom is 0.238 e. The molecule has 1 saturated carbocycles. The molecule has 1 fully saturated rings. The molecule has 1 aromatic heterocycles. The average Bonchev–Trinajstić information content (AvgIpc) is 3.24. The van der Waals surface area contributed by atoms with Gasteiger partial charge in [0.25, 0.3) is 0 Å². The Bertz CT molecular complexity index is 410. The van der Waals surface area contributed by atoms with Gasteiger partial charge in [0.2, 0.25) is 5.91 Å². The third-order valence-electron chi connectivity index (χ3n) is 3.25. The van der Waals surface area contributed by atoms with E-state index in [1.165, 1.54) is 12.8 Å². The number of anilines is 2. The lowest BCUT2D eigenvalue weighted by Gasteiger charge is -2.19. The van der Waals surface area contributed by atoms with E-state index in [2.05, 4.69) is 34.4 Å². The maximum absolute atomic E-state index is 11.7.